The Morgan fingerprint density at radius 2 is 2.33 bits per heavy atom. The Hall–Kier alpha value is -1.49. The predicted molar refractivity (Wildman–Crippen MR) is 57.5 cm³/mol. The Labute approximate surface area is 89.5 Å². The Morgan fingerprint density at radius 1 is 1.53 bits per heavy atom. The third-order valence-corrected chi connectivity index (χ3v) is 1.88. The van der Waals surface area contributed by atoms with Crippen molar-refractivity contribution in [2.24, 2.45) is 0 Å². The van der Waals surface area contributed by atoms with E-state index < -0.39 is 0 Å². The van der Waals surface area contributed by atoms with Crippen LogP contribution in [0.15, 0.2) is 18.6 Å². The Morgan fingerprint density at radius 3 is 2.93 bits per heavy atom. The summed E-state index contributed by atoms with van der Waals surface area (Å²) in [6.45, 7) is 1.63. The van der Waals surface area contributed by atoms with Gasteiger partial charge in [0, 0.05) is 12.7 Å². The molecule has 0 aliphatic carbocycles. The van der Waals surface area contributed by atoms with Gasteiger partial charge < -0.3 is 10.2 Å². The molecule has 0 atom stereocenters. The number of hydrogen-bond donors (Lipinski definition) is 1. The average molecular weight is 208 g/mol. The molecule has 1 amide bonds. The molecule has 1 heterocycles. The lowest BCUT2D eigenvalue weighted by Crippen LogP contribution is -2.27. The molecule has 1 aromatic heterocycles. The zero-order valence-electron chi connectivity index (χ0n) is 9.10. The first-order valence-electron chi connectivity index (χ1n) is 4.89. The standard InChI is InChI=1S/C10H16N4O/c1-14(2)7-3-5-12-10(15)9-4-6-11-8-13-9/h4,6,8H,3,5,7H2,1-2H3,(H,12,15). The fraction of sp³-hybridized carbons (Fsp3) is 0.500. The van der Waals surface area contributed by atoms with Crippen molar-refractivity contribution in [3.8, 4) is 0 Å². The highest BCUT2D eigenvalue weighted by atomic mass is 16.1. The summed E-state index contributed by atoms with van der Waals surface area (Å²) in [6.07, 6.45) is 3.86. The van der Waals surface area contributed by atoms with Crippen molar-refractivity contribution in [2.75, 3.05) is 27.2 Å². The van der Waals surface area contributed by atoms with E-state index in [4.69, 9.17) is 0 Å². The largest absolute Gasteiger partial charge is 0.351 e. The number of hydrogen-bond acceptors (Lipinski definition) is 4. The highest BCUT2D eigenvalue weighted by Crippen LogP contribution is 1.90. The summed E-state index contributed by atoms with van der Waals surface area (Å²) >= 11 is 0. The van der Waals surface area contributed by atoms with Crippen molar-refractivity contribution >= 4 is 5.91 Å². The SMILES string of the molecule is CN(C)CCCNC(=O)c1ccncn1. The maximum absolute atomic E-state index is 11.5. The lowest BCUT2D eigenvalue weighted by atomic mass is 10.3. The molecular formula is C10H16N4O. The lowest BCUT2D eigenvalue weighted by molar-refractivity contribution is 0.0947. The quantitative estimate of drug-likeness (QED) is 0.700. The van der Waals surface area contributed by atoms with Crippen LogP contribution in [0.3, 0.4) is 0 Å². The molecule has 82 valence electrons. The molecule has 1 aromatic rings. The van der Waals surface area contributed by atoms with Crippen LogP contribution in [0.5, 0.6) is 0 Å². The molecular weight excluding hydrogens is 192 g/mol. The van der Waals surface area contributed by atoms with Gasteiger partial charge in [0.2, 0.25) is 0 Å². The molecule has 0 radical (unpaired) electrons. The molecule has 0 spiro atoms. The normalized spacial score (nSPS) is 10.3. The zero-order valence-corrected chi connectivity index (χ0v) is 9.10. The number of carbonyl (C=O) groups is 1. The number of nitrogens with one attached hydrogen (secondary N) is 1. The number of aromatic nitrogens is 2. The monoisotopic (exact) mass is 208 g/mol. The summed E-state index contributed by atoms with van der Waals surface area (Å²) in [4.78, 5) is 21.2. The van der Waals surface area contributed by atoms with Crippen molar-refractivity contribution in [1.29, 1.82) is 0 Å². The summed E-state index contributed by atoms with van der Waals surface area (Å²) < 4.78 is 0. The summed E-state index contributed by atoms with van der Waals surface area (Å²) in [6, 6.07) is 1.60. The second-order valence-electron chi connectivity index (χ2n) is 3.51. The lowest BCUT2D eigenvalue weighted by Gasteiger charge is -2.09. The molecule has 0 unspecified atom stereocenters. The van der Waals surface area contributed by atoms with Crippen molar-refractivity contribution in [1.82, 2.24) is 20.2 Å². The fourth-order valence-electron chi connectivity index (χ4n) is 1.11. The molecule has 1 N–H and O–H groups in total. The number of carbonyl (C=O) groups excluding carboxylic acids is 1. The van der Waals surface area contributed by atoms with E-state index >= 15 is 0 Å². The second kappa shape index (κ2) is 6.08. The van der Waals surface area contributed by atoms with Gasteiger partial charge in [0.1, 0.15) is 12.0 Å². The molecule has 15 heavy (non-hydrogen) atoms. The first-order chi connectivity index (χ1) is 7.20. The molecule has 0 aliphatic rings. The number of amides is 1. The van der Waals surface area contributed by atoms with E-state index in [0.717, 1.165) is 13.0 Å². The number of rotatable bonds is 5. The molecule has 5 heteroatoms. The first-order valence-corrected chi connectivity index (χ1v) is 4.89. The van der Waals surface area contributed by atoms with Crippen molar-refractivity contribution in [3.63, 3.8) is 0 Å². The van der Waals surface area contributed by atoms with Gasteiger partial charge >= 0.3 is 0 Å². The second-order valence-corrected chi connectivity index (χ2v) is 3.51. The Balaban J connectivity index is 2.25. The van der Waals surface area contributed by atoms with E-state index in [2.05, 4.69) is 20.2 Å². The smallest absolute Gasteiger partial charge is 0.270 e. The molecule has 1 rings (SSSR count). The van der Waals surface area contributed by atoms with Gasteiger partial charge in [-0.15, -0.1) is 0 Å². The third-order valence-electron chi connectivity index (χ3n) is 1.88. The van der Waals surface area contributed by atoms with Crippen LogP contribution in [0.25, 0.3) is 0 Å². The van der Waals surface area contributed by atoms with Crippen molar-refractivity contribution in [2.45, 2.75) is 6.42 Å². The van der Waals surface area contributed by atoms with Gasteiger partial charge in [0.25, 0.3) is 5.91 Å². The zero-order chi connectivity index (χ0) is 11.1. The topological polar surface area (TPSA) is 58.1 Å². The van der Waals surface area contributed by atoms with E-state index in [9.17, 15) is 4.79 Å². The van der Waals surface area contributed by atoms with Crippen LogP contribution >= 0.6 is 0 Å². The Bertz CT molecular complexity index is 300. The van der Waals surface area contributed by atoms with Gasteiger partial charge in [-0.2, -0.15) is 0 Å². The van der Waals surface area contributed by atoms with Gasteiger partial charge in [-0.1, -0.05) is 0 Å². The van der Waals surface area contributed by atoms with Gasteiger partial charge in [0.05, 0.1) is 0 Å². The fourth-order valence-corrected chi connectivity index (χ4v) is 1.11. The molecule has 5 nitrogen and oxygen atoms in total. The summed E-state index contributed by atoms with van der Waals surface area (Å²) in [5.74, 6) is -0.142. The Kier molecular flexibility index (Phi) is 4.70. The number of nitrogens with zero attached hydrogens (tertiary/aromatic N) is 3. The highest BCUT2D eigenvalue weighted by molar-refractivity contribution is 5.91. The minimum Gasteiger partial charge on any atom is -0.351 e. The van der Waals surface area contributed by atoms with Crippen molar-refractivity contribution in [3.05, 3.63) is 24.3 Å². The van der Waals surface area contributed by atoms with Gasteiger partial charge in [0.15, 0.2) is 0 Å². The summed E-state index contributed by atoms with van der Waals surface area (Å²) in [7, 11) is 4.01. The van der Waals surface area contributed by atoms with Crippen LogP contribution in [-0.4, -0.2) is 48.0 Å². The maximum Gasteiger partial charge on any atom is 0.270 e. The van der Waals surface area contributed by atoms with Crippen LogP contribution < -0.4 is 5.32 Å². The van der Waals surface area contributed by atoms with Gasteiger partial charge in [-0.3, -0.25) is 4.79 Å². The summed E-state index contributed by atoms with van der Waals surface area (Å²) in [5, 5.41) is 2.80. The van der Waals surface area contributed by atoms with Crippen LogP contribution in [0.4, 0.5) is 0 Å². The van der Waals surface area contributed by atoms with E-state index in [1.807, 2.05) is 14.1 Å². The minimum atomic E-state index is -0.142. The third kappa shape index (κ3) is 4.51. The van der Waals surface area contributed by atoms with Crippen LogP contribution in [0, 0.1) is 0 Å². The van der Waals surface area contributed by atoms with E-state index in [-0.39, 0.29) is 5.91 Å². The van der Waals surface area contributed by atoms with E-state index in [1.165, 1.54) is 6.33 Å². The van der Waals surface area contributed by atoms with Gasteiger partial charge in [-0.25, -0.2) is 9.97 Å². The predicted octanol–water partition coefficient (Wildman–Crippen LogP) is 0.158. The molecule has 0 aromatic carbocycles. The van der Waals surface area contributed by atoms with E-state index in [1.54, 1.807) is 12.3 Å². The van der Waals surface area contributed by atoms with Crippen LogP contribution in [0.1, 0.15) is 16.9 Å². The molecule has 0 fully saturated rings. The molecule has 0 bridgehead atoms. The minimum absolute atomic E-state index is 0.142. The average Bonchev–Trinajstić information content (AvgIpc) is 2.25. The molecule has 0 aliphatic heterocycles. The molecule has 0 saturated heterocycles. The van der Waals surface area contributed by atoms with E-state index in [0.29, 0.717) is 12.2 Å². The first kappa shape index (κ1) is 11.6. The van der Waals surface area contributed by atoms with Crippen LogP contribution in [-0.2, 0) is 0 Å². The van der Waals surface area contributed by atoms with Gasteiger partial charge in [-0.05, 0) is 33.1 Å². The summed E-state index contributed by atoms with van der Waals surface area (Å²) in [5.41, 5.74) is 0.412. The maximum atomic E-state index is 11.5. The van der Waals surface area contributed by atoms with Crippen LogP contribution in [0.2, 0.25) is 0 Å². The highest BCUT2D eigenvalue weighted by Gasteiger charge is 2.04. The molecule has 0 saturated carbocycles. The van der Waals surface area contributed by atoms with Crippen molar-refractivity contribution < 1.29 is 4.79 Å².